The van der Waals surface area contributed by atoms with Gasteiger partial charge in [0.2, 0.25) is 11.8 Å². The molecule has 0 unspecified atom stereocenters. The van der Waals surface area contributed by atoms with Crippen molar-refractivity contribution in [2.24, 2.45) is 0 Å². The minimum absolute atomic E-state index is 0.159. The van der Waals surface area contributed by atoms with Crippen LogP contribution in [0.2, 0.25) is 10.0 Å². The minimum Gasteiger partial charge on any atom is -0.326 e. The number of carbonyl (C=O) groups is 2. The van der Waals surface area contributed by atoms with Crippen molar-refractivity contribution in [3.63, 3.8) is 0 Å². The van der Waals surface area contributed by atoms with Gasteiger partial charge in [-0.3, -0.25) is 9.59 Å². The third kappa shape index (κ3) is 5.48. The number of benzene rings is 2. The summed E-state index contributed by atoms with van der Waals surface area (Å²) in [6.45, 7) is 5.58. The first-order valence-electron chi connectivity index (χ1n) is 7.87. The van der Waals surface area contributed by atoms with Crippen LogP contribution in [0.5, 0.6) is 0 Å². The Hall–Kier alpha value is -2.04. The van der Waals surface area contributed by atoms with Crippen LogP contribution in [0.3, 0.4) is 0 Å². The maximum absolute atomic E-state index is 12.3. The van der Waals surface area contributed by atoms with Crippen LogP contribution in [0.25, 0.3) is 0 Å². The molecule has 0 aliphatic heterocycles. The van der Waals surface area contributed by atoms with Gasteiger partial charge in [-0.25, -0.2) is 0 Å². The van der Waals surface area contributed by atoms with Gasteiger partial charge in [0, 0.05) is 41.3 Å². The van der Waals surface area contributed by atoms with Gasteiger partial charge in [-0.15, -0.1) is 0 Å². The molecule has 2 amide bonds. The Kier molecular flexibility index (Phi) is 6.45. The first-order valence-corrected chi connectivity index (χ1v) is 8.63. The van der Waals surface area contributed by atoms with Crippen molar-refractivity contribution in [2.75, 3.05) is 16.8 Å². The Morgan fingerprint density at radius 1 is 1.04 bits per heavy atom. The summed E-state index contributed by atoms with van der Waals surface area (Å²) in [6.07, 6.45) is 0.164. The number of anilines is 2. The average Bonchev–Trinajstić information content (AvgIpc) is 2.50. The van der Waals surface area contributed by atoms with Gasteiger partial charge in [0.1, 0.15) is 0 Å². The largest absolute Gasteiger partial charge is 0.326 e. The molecular formula is C19H20Cl2N2O2. The van der Waals surface area contributed by atoms with Gasteiger partial charge in [-0.2, -0.15) is 0 Å². The Labute approximate surface area is 157 Å². The van der Waals surface area contributed by atoms with E-state index in [4.69, 9.17) is 23.2 Å². The number of amides is 2. The van der Waals surface area contributed by atoms with Crippen LogP contribution in [-0.4, -0.2) is 18.4 Å². The summed E-state index contributed by atoms with van der Waals surface area (Å²) >= 11 is 12.0. The molecule has 0 aliphatic rings. The molecule has 2 rings (SSSR count). The highest BCUT2D eigenvalue weighted by atomic mass is 35.5. The molecule has 0 fully saturated rings. The van der Waals surface area contributed by atoms with Crippen molar-refractivity contribution in [3.05, 3.63) is 57.6 Å². The summed E-state index contributed by atoms with van der Waals surface area (Å²) in [5, 5.41) is 3.77. The standard InChI is InChI=1S/C19H20Cl2N2O2/c1-12-4-5-13(2)18(8-12)22-19(25)6-7-23(14(3)24)17-10-15(20)9-16(21)11-17/h4-5,8-11H,6-7H2,1-3H3,(H,22,25). The summed E-state index contributed by atoms with van der Waals surface area (Å²) < 4.78 is 0. The van der Waals surface area contributed by atoms with Crippen molar-refractivity contribution >= 4 is 46.4 Å². The molecule has 0 atom stereocenters. The quantitative estimate of drug-likeness (QED) is 0.796. The molecule has 2 aromatic carbocycles. The van der Waals surface area contributed by atoms with Crippen molar-refractivity contribution in [2.45, 2.75) is 27.2 Å². The van der Waals surface area contributed by atoms with E-state index in [1.54, 1.807) is 18.2 Å². The average molecular weight is 379 g/mol. The van der Waals surface area contributed by atoms with Crippen LogP contribution < -0.4 is 10.2 Å². The van der Waals surface area contributed by atoms with E-state index >= 15 is 0 Å². The molecule has 0 radical (unpaired) electrons. The molecule has 0 saturated carbocycles. The summed E-state index contributed by atoms with van der Waals surface area (Å²) in [4.78, 5) is 25.7. The molecule has 4 nitrogen and oxygen atoms in total. The summed E-state index contributed by atoms with van der Waals surface area (Å²) in [6, 6.07) is 10.8. The van der Waals surface area contributed by atoms with Crippen LogP contribution >= 0.6 is 23.2 Å². The minimum atomic E-state index is -0.183. The Balaban J connectivity index is 2.07. The topological polar surface area (TPSA) is 49.4 Å². The lowest BCUT2D eigenvalue weighted by molar-refractivity contribution is -0.117. The van der Waals surface area contributed by atoms with E-state index in [1.165, 1.54) is 11.8 Å². The second kappa shape index (κ2) is 8.37. The molecule has 0 aliphatic carbocycles. The van der Waals surface area contributed by atoms with E-state index in [1.807, 2.05) is 32.0 Å². The second-order valence-corrected chi connectivity index (χ2v) is 6.79. The lowest BCUT2D eigenvalue weighted by atomic mass is 10.1. The van der Waals surface area contributed by atoms with E-state index in [-0.39, 0.29) is 24.8 Å². The number of aryl methyl sites for hydroxylation is 2. The highest BCUT2D eigenvalue weighted by Crippen LogP contribution is 2.26. The molecule has 0 bridgehead atoms. The first-order chi connectivity index (χ1) is 11.8. The van der Waals surface area contributed by atoms with Crippen molar-refractivity contribution < 1.29 is 9.59 Å². The molecule has 2 aromatic rings. The van der Waals surface area contributed by atoms with Gasteiger partial charge >= 0.3 is 0 Å². The monoisotopic (exact) mass is 378 g/mol. The predicted octanol–water partition coefficient (Wildman–Crippen LogP) is 4.99. The number of halogens is 2. The maximum atomic E-state index is 12.3. The van der Waals surface area contributed by atoms with Crippen LogP contribution in [0.1, 0.15) is 24.5 Å². The SMILES string of the molecule is CC(=O)N(CCC(=O)Nc1cc(C)ccc1C)c1cc(Cl)cc(Cl)c1. The van der Waals surface area contributed by atoms with Gasteiger partial charge in [-0.1, -0.05) is 35.3 Å². The van der Waals surface area contributed by atoms with Crippen molar-refractivity contribution in [1.29, 1.82) is 0 Å². The van der Waals surface area contributed by atoms with Crippen LogP contribution in [-0.2, 0) is 9.59 Å². The van der Waals surface area contributed by atoms with E-state index in [0.717, 1.165) is 16.8 Å². The number of hydrogen-bond donors (Lipinski definition) is 1. The third-order valence-electron chi connectivity index (χ3n) is 3.77. The van der Waals surface area contributed by atoms with E-state index in [2.05, 4.69) is 5.32 Å². The van der Waals surface area contributed by atoms with Crippen LogP contribution in [0.15, 0.2) is 36.4 Å². The fraction of sp³-hybridized carbons (Fsp3) is 0.263. The van der Waals surface area contributed by atoms with Gasteiger partial charge in [0.15, 0.2) is 0 Å². The lowest BCUT2D eigenvalue weighted by Crippen LogP contribution is -2.32. The molecule has 0 saturated heterocycles. The zero-order valence-electron chi connectivity index (χ0n) is 14.4. The van der Waals surface area contributed by atoms with Gasteiger partial charge in [-0.05, 0) is 49.2 Å². The van der Waals surface area contributed by atoms with Crippen LogP contribution in [0.4, 0.5) is 11.4 Å². The smallest absolute Gasteiger partial charge is 0.226 e. The second-order valence-electron chi connectivity index (χ2n) is 5.91. The fourth-order valence-electron chi connectivity index (χ4n) is 2.46. The number of nitrogens with zero attached hydrogens (tertiary/aromatic N) is 1. The number of rotatable bonds is 5. The van der Waals surface area contributed by atoms with Crippen molar-refractivity contribution in [1.82, 2.24) is 0 Å². The fourth-order valence-corrected chi connectivity index (χ4v) is 2.97. The Morgan fingerprint density at radius 3 is 2.28 bits per heavy atom. The molecule has 6 heteroatoms. The van der Waals surface area contributed by atoms with Gasteiger partial charge < -0.3 is 10.2 Å². The van der Waals surface area contributed by atoms with E-state index in [9.17, 15) is 9.59 Å². The van der Waals surface area contributed by atoms with Crippen molar-refractivity contribution in [3.8, 4) is 0 Å². The summed E-state index contributed by atoms with van der Waals surface area (Å²) in [5.41, 5.74) is 3.42. The predicted molar refractivity (Wildman–Crippen MR) is 104 cm³/mol. The molecule has 0 aromatic heterocycles. The zero-order chi connectivity index (χ0) is 18.6. The number of carbonyl (C=O) groups excluding carboxylic acids is 2. The molecule has 25 heavy (non-hydrogen) atoms. The Bertz CT molecular complexity index is 786. The summed E-state index contributed by atoms with van der Waals surface area (Å²) in [7, 11) is 0. The highest BCUT2D eigenvalue weighted by Gasteiger charge is 2.15. The van der Waals surface area contributed by atoms with E-state index < -0.39 is 0 Å². The zero-order valence-corrected chi connectivity index (χ0v) is 15.9. The maximum Gasteiger partial charge on any atom is 0.226 e. The number of nitrogens with one attached hydrogen (secondary N) is 1. The van der Waals surface area contributed by atoms with Gasteiger partial charge in [0.25, 0.3) is 0 Å². The number of hydrogen-bond acceptors (Lipinski definition) is 2. The molecule has 1 N–H and O–H groups in total. The molecule has 0 spiro atoms. The molecular weight excluding hydrogens is 359 g/mol. The van der Waals surface area contributed by atoms with E-state index in [0.29, 0.717) is 15.7 Å². The van der Waals surface area contributed by atoms with Crippen LogP contribution in [0, 0.1) is 13.8 Å². The van der Waals surface area contributed by atoms with Gasteiger partial charge in [0.05, 0.1) is 0 Å². The molecule has 132 valence electrons. The third-order valence-corrected chi connectivity index (χ3v) is 4.21. The lowest BCUT2D eigenvalue weighted by Gasteiger charge is -2.21. The highest BCUT2D eigenvalue weighted by molar-refractivity contribution is 6.35. The summed E-state index contributed by atoms with van der Waals surface area (Å²) in [5.74, 6) is -0.342. The normalized spacial score (nSPS) is 10.4. The molecule has 0 heterocycles. The first kappa shape index (κ1) is 19.3. The Morgan fingerprint density at radius 2 is 1.68 bits per heavy atom.